The van der Waals surface area contributed by atoms with E-state index in [0.717, 1.165) is 38.5 Å². The summed E-state index contributed by atoms with van der Waals surface area (Å²) >= 11 is 0. The zero-order valence-electron chi connectivity index (χ0n) is 16.0. The Balaban J connectivity index is 3.78. The summed E-state index contributed by atoms with van der Waals surface area (Å²) < 4.78 is 0. The fourth-order valence-corrected chi connectivity index (χ4v) is 3.06. The molecule has 0 heterocycles. The molecular formula is C20H42O4. The van der Waals surface area contributed by atoms with Gasteiger partial charge in [0, 0.05) is 0 Å². The van der Waals surface area contributed by atoms with Gasteiger partial charge < -0.3 is 20.4 Å². The number of hydrogen-bond acceptors (Lipinski definition) is 4. The first-order chi connectivity index (χ1) is 11.5. The molecule has 0 aliphatic heterocycles. The molecule has 0 fully saturated rings. The standard InChI is InChI=1S/C20H42O4/c1-3-5-7-9-11-13-15-17(21)19(23)20(24)18(22)16-14-12-10-8-6-4-2/h17-24H,3-16H2,1-2H3. The second kappa shape index (κ2) is 16.3. The highest BCUT2D eigenvalue weighted by Crippen LogP contribution is 2.16. The minimum atomic E-state index is -1.25. The molecule has 4 nitrogen and oxygen atoms in total. The van der Waals surface area contributed by atoms with Gasteiger partial charge in [-0.25, -0.2) is 0 Å². The molecule has 146 valence electrons. The van der Waals surface area contributed by atoms with Crippen LogP contribution in [0.3, 0.4) is 0 Å². The third-order valence-electron chi connectivity index (χ3n) is 4.85. The van der Waals surface area contributed by atoms with E-state index in [-0.39, 0.29) is 0 Å². The normalized spacial score (nSPS) is 16.8. The molecule has 0 rings (SSSR count). The minimum Gasteiger partial charge on any atom is -0.390 e. The molecule has 0 aromatic rings. The Kier molecular flexibility index (Phi) is 16.2. The Morgan fingerprint density at radius 2 is 0.750 bits per heavy atom. The van der Waals surface area contributed by atoms with E-state index in [1.807, 2.05) is 0 Å². The van der Waals surface area contributed by atoms with E-state index >= 15 is 0 Å². The Labute approximate surface area is 149 Å². The summed E-state index contributed by atoms with van der Waals surface area (Å²) in [6, 6.07) is 0. The average Bonchev–Trinajstić information content (AvgIpc) is 2.59. The van der Waals surface area contributed by atoms with Crippen LogP contribution in [0.5, 0.6) is 0 Å². The van der Waals surface area contributed by atoms with E-state index in [0.29, 0.717) is 12.8 Å². The Morgan fingerprint density at radius 3 is 1.08 bits per heavy atom. The molecule has 4 unspecified atom stereocenters. The van der Waals surface area contributed by atoms with Crippen LogP contribution in [-0.4, -0.2) is 44.8 Å². The van der Waals surface area contributed by atoms with Gasteiger partial charge >= 0.3 is 0 Å². The predicted octanol–water partition coefficient (Wildman–Crippen LogP) is 3.93. The van der Waals surface area contributed by atoms with Crippen molar-refractivity contribution in [2.24, 2.45) is 0 Å². The summed E-state index contributed by atoms with van der Waals surface area (Å²) in [5.74, 6) is 0. The van der Waals surface area contributed by atoms with Gasteiger partial charge in [-0.3, -0.25) is 0 Å². The molecule has 24 heavy (non-hydrogen) atoms. The summed E-state index contributed by atoms with van der Waals surface area (Å²) in [5.41, 5.74) is 0. The lowest BCUT2D eigenvalue weighted by atomic mass is 9.95. The van der Waals surface area contributed by atoms with Gasteiger partial charge in [-0.2, -0.15) is 0 Å². The summed E-state index contributed by atoms with van der Waals surface area (Å²) in [6.45, 7) is 4.36. The highest BCUT2D eigenvalue weighted by molar-refractivity contribution is 4.80. The zero-order valence-corrected chi connectivity index (χ0v) is 16.0. The van der Waals surface area contributed by atoms with Crippen molar-refractivity contribution in [3.8, 4) is 0 Å². The summed E-state index contributed by atoms with van der Waals surface area (Å²) in [6.07, 6.45) is 9.98. The van der Waals surface area contributed by atoms with Gasteiger partial charge in [-0.1, -0.05) is 90.9 Å². The van der Waals surface area contributed by atoms with E-state index in [9.17, 15) is 20.4 Å². The van der Waals surface area contributed by atoms with E-state index in [2.05, 4.69) is 13.8 Å². The van der Waals surface area contributed by atoms with Crippen molar-refractivity contribution in [3.05, 3.63) is 0 Å². The van der Waals surface area contributed by atoms with E-state index in [4.69, 9.17) is 0 Å². The van der Waals surface area contributed by atoms with Gasteiger partial charge in [0.2, 0.25) is 0 Å². The van der Waals surface area contributed by atoms with Crippen LogP contribution in [0.2, 0.25) is 0 Å². The molecule has 0 aromatic carbocycles. The molecule has 4 heteroatoms. The first-order valence-electron chi connectivity index (χ1n) is 10.3. The van der Waals surface area contributed by atoms with E-state index < -0.39 is 24.4 Å². The fourth-order valence-electron chi connectivity index (χ4n) is 3.06. The highest BCUT2D eigenvalue weighted by Gasteiger charge is 2.29. The van der Waals surface area contributed by atoms with Crippen molar-refractivity contribution in [1.82, 2.24) is 0 Å². The summed E-state index contributed by atoms with van der Waals surface area (Å²) in [4.78, 5) is 0. The minimum absolute atomic E-state index is 0.480. The highest BCUT2D eigenvalue weighted by atomic mass is 16.4. The lowest BCUT2D eigenvalue weighted by Gasteiger charge is -2.26. The summed E-state index contributed by atoms with van der Waals surface area (Å²) in [5, 5.41) is 40.0. The van der Waals surface area contributed by atoms with Gasteiger partial charge in [0.1, 0.15) is 12.2 Å². The maximum Gasteiger partial charge on any atom is 0.108 e. The molecule has 0 saturated heterocycles. The molecule has 0 bridgehead atoms. The van der Waals surface area contributed by atoms with Crippen molar-refractivity contribution >= 4 is 0 Å². The van der Waals surface area contributed by atoms with E-state index in [1.54, 1.807) is 0 Å². The molecule has 0 spiro atoms. The van der Waals surface area contributed by atoms with Crippen LogP contribution in [0.25, 0.3) is 0 Å². The zero-order chi connectivity index (χ0) is 18.2. The summed E-state index contributed by atoms with van der Waals surface area (Å²) in [7, 11) is 0. The van der Waals surface area contributed by atoms with Crippen molar-refractivity contribution in [2.75, 3.05) is 0 Å². The molecule has 0 aromatic heterocycles. The van der Waals surface area contributed by atoms with Crippen LogP contribution < -0.4 is 0 Å². The second-order valence-corrected chi connectivity index (χ2v) is 7.23. The smallest absolute Gasteiger partial charge is 0.108 e. The third kappa shape index (κ3) is 12.2. The van der Waals surface area contributed by atoms with Crippen molar-refractivity contribution in [3.63, 3.8) is 0 Å². The molecule has 0 saturated carbocycles. The number of hydrogen-bond donors (Lipinski definition) is 4. The van der Waals surface area contributed by atoms with Gasteiger partial charge in [-0.15, -0.1) is 0 Å². The molecule has 0 aliphatic rings. The average molecular weight is 347 g/mol. The quantitative estimate of drug-likeness (QED) is 0.301. The molecule has 0 radical (unpaired) electrons. The number of aliphatic hydroxyl groups excluding tert-OH is 4. The van der Waals surface area contributed by atoms with E-state index in [1.165, 1.54) is 38.5 Å². The van der Waals surface area contributed by atoms with Gasteiger partial charge in [0.15, 0.2) is 0 Å². The molecule has 0 aliphatic carbocycles. The maximum atomic E-state index is 10.0. The Bertz CT molecular complexity index is 234. The lowest BCUT2D eigenvalue weighted by Crippen LogP contribution is -2.44. The van der Waals surface area contributed by atoms with Crippen molar-refractivity contribution in [1.29, 1.82) is 0 Å². The van der Waals surface area contributed by atoms with Crippen LogP contribution in [0, 0.1) is 0 Å². The number of aliphatic hydroxyl groups is 4. The number of rotatable bonds is 17. The Hall–Kier alpha value is -0.160. The van der Waals surface area contributed by atoms with Crippen LogP contribution in [0.15, 0.2) is 0 Å². The molecular weight excluding hydrogens is 304 g/mol. The number of unbranched alkanes of at least 4 members (excludes halogenated alkanes) is 10. The van der Waals surface area contributed by atoms with Gasteiger partial charge in [-0.05, 0) is 12.8 Å². The van der Waals surface area contributed by atoms with Crippen LogP contribution in [0.4, 0.5) is 0 Å². The molecule has 0 amide bonds. The van der Waals surface area contributed by atoms with Crippen LogP contribution in [0.1, 0.15) is 104 Å². The van der Waals surface area contributed by atoms with Gasteiger partial charge in [0.25, 0.3) is 0 Å². The third-order valence-corrected chi connectivity index (χ3v) is 4.85. The van der Waals surface area contributed by atoms with Gasteiger partial charge in [0.05, 0.1) is 12.2 Å². The fraction of sp³-hybridized carbons (Fsp3) is 1.00. The van der Waals surface area contributed by atoms with Crippen molar-refractivity contribution in [2.45, 2.75) is 128 Å². The molecule has 4 N–H and O–H groups in total. The predicted molar refractivity (Wildman–Crippen MR) is 100 cm³/mol. The maximum absolute atomic E-state index is 10.0. The lowest BCUT2D eigenvalue weighted by molar-refractivity contribution is -0.108. The monoisotopic (exact) mass is 346 g/mol. The molecule has 4 atom stereocenters. The largest absolute Gasteiger partial charge is 0.390 e. The topological polar surface area (TPSA) is 80.9 Å². The SMILES string of the molecule is CCCCCCCCC(O)C(O)C(O)C(O)CCCCCCCC. The first-order valence-corrected chi connectivity index (χ1v) is 10.3. The van der Waals surface area contributed by atoms with Crippen LogP contribution in [-0.2, 0) is 0 Å². The van der Waals surface area contributed by atoms with Crippen LogP contribution >= 0.6 is 0 Å². The van der Waals surface area contributed by atoms with Crippen molar-refractivity contribution < 1.29 is 20.4 Å². The first kappa shape index (κ1) is 23.8. The Morgan fingerprint density at radius 1 is 0.458 bits per heavy atom. The second-order valence-electron chi connectivity index (χ2n) is 7.23.